The Morgan fingerprint density at radius 3 is 2.81 bits per heavy atom. The molecule has 0 saturated heterocycles. The largest absolute Gasteiger partial charge is 0.302 e. The molecule has 0 saturated carbocycles. The van der Waals surface area contributed by atoms with E-state index in [1.54, 1.807) is 12.1 Å². The number of rotatable bonds is 4. The summed E-state index contributed by atoms with van der Waals surface area (Å²) in [6.45, 7) is 6.49. The van der Waals surface area contributed by atoms with Crippen molar-refractivity contribution in [2.75, 3.05) is 5.32 Å². The fourth-order valence-electron chi connectivity index (χ4n) is 2.37. The molecule has 0 spiro atoms. The van der Waals surface area contributed by atoms with E-state index in [-0.39, 0.29) is 29.8 Å². The van der Waals surface area contributed by atoms with E-state index in [1.807, 2.05) is 11.4 Å². The molecule has 0 aliphatic carbocycles. The number of nitrogens with one attached hydrogen (secondary N) is 1. The molecule has 8 heteroatoms. The average Bonchev–Trinajstić information content (AvgIpc) is 3.03. The molecule has 26 heavy (non-hydrogen) atoms. The molecule has 3 aromatic rings. The second-order valence-corrected chi connectivity index (χ2v) is 8.76. The molecule has 0 radical (unpaired) electrons. The van der Waals surface area contributed by atoms with E-state index in [1.165, 1.54) is 22.2 Å². The molecule has 2 heterocycles. The Labute approximate surface area is 163 Å². The summed E-state index contributed by atoms with van der Waals surface area (Å²) in [5.74, 6) is -0.180. The van der Waals surface area contributed by atoms with E-state index in [9.17, 15) is 9.59 Å². The number of carbonyl (C=O) groups is 1. The van der Waals surface area contributed by atoms with E-state index >= 15 is 0 Å². The standard InChI is InChI=1S/C18H19BrN4O2S/c1-18(2,3)14-9-26-17(21-14)22-15(24)6-7-23-10-20-13-5-4-11(19)8-12(13)16(23)25/h4-5,8-10H,6-7H2,1-3H3,(H,21,22,24). The number of anilines is 1. The van der Waals surface area contributed by atoms with Gasteiger partial charge in [-0.2, -0.15) is 0 Å². The smallest absolute Gasteiger partial charge is 0.261 e. The second kappa shape index (κ2) is 7.28. The van der Waals surface area contributed by atoms with Crippen molar-refractivity contribution in [1.29, 1.82) is 0 Å². The predicted octanol–water partition coefficient (Wildman–Crippen LogP) is 3.94. The van der Waals surface area contributed by atoms with Crippen molar-refractivity contribution < 1.29 is 4.79 Å². The van der Waals surface area contributed by atoms with E-state index in [4.69, 9.17) is 0 Å². The minimum Gasteiger partial charge on any atom is -0.302 e. The molecule has 0 fully saturated rings. The predicted molar refractivity (Wildman–Crippen MR) is 108 cm³/mol. The second-order valence-electron chi connectivity index (χ2n) is 6.99. The van der Waals surface area contributed by atoms with Gasteiger partial charge in [0.15, 0.2) is 5.13 Å². The molecule has 0 aliphatic rings. The van der Waals surface area contributed by atoms with Gasteiger partial charge < -0.3 is 5.32 Å². The van der Waals surface area contributed by atoms with Gasteiger partial charge in [-0.15, -0.1) is 11.3 Å². The summed E-state index contributed by atoms with van der Waals surface area (Å²) in [5.41, 5.74) is 1.36. The third kappa shape index (κ3) is 4.19. The van der Waals surface area contributed by atoms with E-state index in [0.717, 1.165) is 10.2 Å². The molecule has 6 nitrogen and oxygen atoms in total. The Balaban J connectivity index is 1.68. The van der Waals surface area contributed by atoms with Gasteiger partial charge in [0.05, 0.1) is 22.9 Å². The minimum atomic E-state index is -0.180. The maximum atomic E-state index is 12.5. The van der Waals surface area contributed by atoms with Crippen LogP contribution in [0.15, 0.2) is 39.2 Å². The quantitative estimate of drug-likeness (QED) is 0.674. The first-order valence-electron chi connectivity index (χ1n) is 8.14. The van der Waals surface area contributed by atoms with Gasteiger partial charge in [0, 0.05) is 28.2 Å². The molecular formula is C18H19BrN4O2S. The fraction of sp³-hybridized carbons (Fsp3) is 0.333. The van der Waals surface area contributed by atoms with Crippen LogP contribution in [0.25, 0.3) is 10.9 Å². The lowest BCUT2D eigenvalue weighted by Crippen LogP contribution is -2.23. The Morgan fingerprint density at radius 1 is 1.35 bits per heavy atom. The van der Waals surface area contributed by atoms with Crippen molar-refractivity contribution in [3.8, 4) is 0 Å². The highest BCUT2D eigenvalue weighted by Gasteiger charge is 2.18. The Kier molecular flexibility index (Phi) is 5.24. The number of hydrogen-bond acceptors (Lipinski definition) is 5. The van der Waals surface area contributed by atoms with E-state index < -0.39 is 0 Å². The molecule has 0 bridgehead atoms. The van der Waals surface area contributed by atoms with Crippen molar-refractivity contribution in [3.63, 3.8) is 0 Å². The number of nitrogens with zero attached hydrogens (tertiary/aromatic N) is 3. The molecule has 2 aromatic heterocycles. The highest BCUT2D eigenvalue weighted by Crippen LogP contribution is 2.26. The van der Waals surface area contributed by atoms with Gasteiger partial charge in [0.25, 0.3) is 5.56 Å². The molecular weight excluding hydrogens is 416 g/mol. The lowest BCUT2D eigenvalue weighted by molar-refractivity contribution is -0.116. The lowest BCUT2D eigenvalue weighted by atomic mass is 9.93. The van der Waals surface area contributed by atoms with Crippen LogP contribution in [-0.2, 0) is 16.8 Å². The molecule has 3 rings (SSSR count). The van der Waals surface area contributed by atoms with E-state index in [2.05, 4.69) is 52.0 Å². The number of hydrogen-bond donors (Lipinski definition) is 1. The number of carbonyl (C=O) groups excluding carboxylic acids is 1. The normalized spacial score (nSPS) is 11.7. The average molecular weight is 435 g/mol. The molecule has 1 aromatic carbocycles. The Hall–Kier alpha value is -2.06. The number of benzene rings is 1. The van der Waals surface area contributed by atoms with Crippen molar-refractivity contribution >= 4 is 49.2 Å². The summed E-state index contributed by atoms with van der Waals surface area (Å²) in [5, 5.41) is 5.85. The van der Waals surface area contributed by atoms with Crippen LogP contribution < -0.4 is 10.9 Å². The van der Waals surface area contributed by atoms with E-state index in [0.29, 0.717) is 16.0 Å². The number of thiazole rings is 1. The van der Waals surface area contributed by atoms with Gasteiger partial charge in [-0.25, -0.2) is 9.97 Å². The maximum Gasteiger partial charge on any atom is 0.261 e. The Morgan fingerprint density at radius 2 is 2.12 bits per heavy atom. The molecule has 0 aliphatic heterocycles. The number of halogens is 1. The summed E-state index contributed by atoms with van der Waals surface area (Å²) in [6.07, 6.45) is 1.65. The summed E-state index contributed by atoms with van der Waals surface area (Å²) in [4.78, 5) is 33.4. The first kappa shape index (κ1) is 18.7. The van der Waals surface area contributed by atoms with Crippen LogP contribution in [0.5, 0.6) is 0 Å². The molecule has 1 N–H and O–H groups in total. The Bertz CT molecular complexity index is 1020. The molecule has 1 amide bonds. The highest BCUT2D eigenvalue weighted by molar-refractivity contribution is 9.10. The lowest BCUT2D eigenvalue weighted by Gasteiger charge is -2.14. The van der Waals surface area contributed by atoms with Gasteiger partial charge in [0.1, 0.15) is 0 Å². The van der Waals surface area contributed by atoms with Crippen LogP contribution in [-0.4, -0.2) is 20.4 Å². The van der Waals surface area contributed by atoms with Crippen LogP contribution in [0.2, 0.25) is 0 Å². The van der Waals surface area contributed by atoms with Crippen LogP contribution in [0.1, 0.15) is 32.9 Å². The minimum absolute atomic E-state index is 0.0577. The van der Waals surface area contributed by atoms with Gasteiger partial charge in [-0.1, -0.05) is 36.7 Å². The van der Waals surface area contributed by atoms with Crippen LogP contribution >= 0.6 is 27.3 Å². The van der Waals surface area contributed by atoms with Crippen molar-refractivity contribution in [2.45, 2.75) is 39.2 Å². The van der Waals surface area contributed by atoms with Crippen LogP contribution in [0.3, 0.4) is 0 Å². The van der Waals surface area contributed by atoms with Crippen molar-refractivity contribution in [2.24, 2.45) is 0 Å². The van der Waals surface area contributed by atoms with Crippen molar-refractivity contribution in [3.05, 3.63) is 50.4 Å². The van der Waals surface area contributed by atoms with Crippen LogP contribution in [0.4, 0.5) is 5.13 Å². The number of fused-ring (bicyclic) bond motifs is 1. The number of aromatic nitrogens is 3. The zero-order valence-corrected chi connectivity index (χ0v) is 17.1. The summed E-state index contributed by atoms with van der Waals surface area (Å²) in [6, 6.07) is 5.37. The van der Waals surface area contributed by atoms with Gasteiger partial charge in [-0.3, -0.25) is 14.2 Å². The summed E-state index contributed by atoms with van der Waals surface area (Å²) in [7, 11) is 0. The zero-order valence-electron chi connectivity index (χ0n) is 14.7. The first-order chi connectivity index (χ1) is 12.2. The summed E-state index contributed by atoms with van der Waals surface area (Å²) < 4.78 is 2.27. The highest BCUT2D eigenvalue weighted by atomic mass is 79.9. The van der Waals surface area contributed by atoms with Crippen molar-refractivity contribution in [1.82, 2.24) is 14.5 Å². The molecule has 0 unspecified atom stereocenters. The third-order valence-corrected chi connectivity index (χ3v) is 5.14. The van der Waals surface area contributed by atoms with Gasteiger partial charge >= 0.3 is 0 Å². The van der Waals surface area contributed by atoms with Gasteiger partial charge in [0.2, 0.25) is 5.91 Å². The monoisotopic (exact) mass is 434 g/mol. The first-order valence-corrected chi connectivity index (χ1v) is 9.82. The number of amides is 1. The summed E-state index contributed by atoms with van der Waals surface area (Å²) >= 11 is 4.76. The topological polar surface area (TPSA) is 76.9 Å². The van der Waals surface area contributed by atoms with Gasteiger partial charge in [-0.05, 0) is 18.2 Å². The fourth-order valence-corrected chi connectivity index (χ4v) is 3.68. The third-order valence-electron chi connectivity index (χ3n) is 3.88. The number of aryl methyl sites for hydroxylation is 1. The maximum absolute atomic E-state index is 12.5. The SMILES string of the molecule is CC(C)(C)c1csc(NC(=O)CCn2cnc3ccc(Br)cc3c2=O)n1. The zero-order chi connectivity index (χ0) is 18.9. The van der Waals surface area contributed by atoms with Crippen LogP contribution in [0, 0.1) is 0 Å². The molecule has 136 valence electrons. The molecule has 0 atom stereocenters.